The van der Waals surface area contributed by atoms with E-state index in [2.05, 4.69) is 9.82 Å². The van der Waals surface area contributed by atoms with Crippen LogP contribution < -0.4 is 4.72 Å². The lowest BCUT2D eigenvalue weighted by Gasteiger charge is -2.11. The van der Waals surface area contributed by atoms with Crippen LogP contribution in [0.3, 0.4) is 0 Å². The van der Waals surface area contributed by atoms with E-state index in [4.69, 9.17) is 0 Å². The number of sulfonamides is 1. The van der Waals surface area contributed by atoms with Crippen molar-refractivity contribution in [2.24, 2.45) is 0 Å². The third-order valence-corrected chi connectivity index (χ3v) is 6.88. The smallest absolute Gasteiger partial charge is 0.244 e. The second-order valence-corrected chi connectivity index (χ2v) is 8.80. The van der Waals surface area contributed by atoms with Gasteiger partial charge in [-0.1, -0.05) is 25.8 Å². The summed E-state index contributed by atoms with van der Waals surface area (Å²) in [6.07, 6.45) is 6.99. The van der Waals surface area contributed by atoms with Gasteiger partial charge in [0.25, 0.3) is 0 Å². The molecule has 5 nitrogen and oxygen atoms in total. The largest absolute Gasteiger partial charge is 0.268 e. The molecule has 1 atom stereocenters. The predicted octanol–water partition coefficient (Wildman–Crippen LogP) is 3.80. The molecule has 3 rings (SSSR count). The lowest BCUT2D eigenvalue weighted by atomic mass is 10.3. The van der Waals surface area contributed by atoms with E-state index in [0.29, 0.717) is 16.6 Å². The average Bonchev–Trinajstić information content (AvgIpc) is 3.24. The Morgan fingerprint density at radius 1 is 1.43 bits per heavy atom. The Labute approximate surface area is 141 Å². The number of hydrogen-bond donors (Lipinski definition) is 1. The van der Waals surface area contributed by atoms with Crippen molar-refractivity contribution >= 4 is 21.4 Å². The van der Waals surface area contributed by atoms with Crippen LogP contribution in [0.2, 0.25) is 0 Å². The molecule has 1 saturated carbocycles. The number of aromatic nitrogens is 2. The molecule has 23 heavy (non-hydrogen) atoms. The molecule has 0 amide bonds. The van der Waals surface area contributed by atoms with Gasteiger partial charge in [-0.2, -0.15) is 5.10 Å². The number of rotatable bonds is 6. The summed E-state index contributed by atoms with van der Waals surface area (Å²) in [4.78, 5) is 1.19. The van der Waals surface area contributed by atoms with Gasteiger partial charge in [0.1, 0.15) is 10.6 Å². The summed E-state index contributed by atoms with van der Waals surface area (Å²) < 4.78 is 30.2. The van der Waals surface area contributed by atoms with E-state index < -0.39 is 10.0 Å². The highest BCUT2D eigenvalue weighted by molar-refractivity contribution is 7.89. The fourth-order valence-electron chi connectivity index (χ4n) is 2.92. The van der Waals surface area contributed by atoms with Crippen molar-refractivity contribution in [1.82, 2.24) is 14.5 Å². The van der Waals surface area contributed by atoms with Gasteiger partial charge in [-0.05, 0) is 37.6 Å². The maximum absolute atomic E-state index is 12.8. The molecule has 7 heteroatoms. The molecule has 1 aliphatic carbocycles. The van der Waals surface area contributed by atoms with Gasteiger partial charge in [0.15, 0.2) is 0 Å². The van der Waals surface area contributed by atoms with Crippen LogP contribution in [0.25, 0.3) is 10.6 Å². The summed E-state index contributed by atoms with van der Waals surface area (Å²) in [5.41, 5.74) is 0.572. The molecule has 126 valence electrons. The number of thiophene rings is 1. The monoisotopic (exact) mass is 353 g/mol. The van der Waals surface area contributed by atoms with Gasteiger partial charge >= 0.3 is 0 Å². The van der Waals surface area contributed by atoms with Crippen LogP contribution in [0, 0.1) is 0 Å². The molecule has 0 radical (unpaired) electrons. The second-order valence-electron chi connectivity index (χ2n) is 6.17. The Morgan fingerprint density at radius 3 is 2.78 bits per heavy atom. The van der Waals surface area contributed by atoms with Crippen molar-refractivity contribution in [3.8, 4) is 10.6 Å². The zero-order valence-electron chi connectivity index (χ0n) is 13.5. The van der Waals surface area contributed by atoms with Crippen molar-refractivity contribution in [1.29, 1.82) is 0 Å². The topological polar surface area (TPSA) is 64.0 Å². The molecule has 0 spiro atoms. The fraction of sp³-hybridized carbons (Fsp3) is 0.562. The molecule has 1 unspecified atom stereocenters. The van der Waals surface area contributed by atoms with E-state index in [-0.39, 0.29) is 6.04 Å². The SMILES string of the molecule is CCC(C)NS(=O)(=O)c1cn(C2CCCC2)nc1-c1cccs1. The molecule has 2 aromatic rings. The Hall–Kier alpha value is -1.18. The summed E-state index contributed by atoms with van der Waals surface area (Å²) in [5.74, 6) is 0. The first-order valence-corrected chi connectivity index (χ1v) is 10.5. The maximum atomic E-state index is 12.8. The van der Waals surface area contributed by atoms with E-state index in [1.165, 1.54) is 24.2 Å². The number of nitrogens with one attached hydrogen (secondary N) is 1. The Morgan fingerprint density at radius 2 is 2.17 bits per heavy atom. The van der Waals surface area contributed by atoms with Gasteiger partial charge in [-0.15, -0.1) is 11.3 Å². The molecule has 1 aliphatic rings. The average molecular weight is 354 g/mol. The maximum Gasteiger partial charge on any atom is 0.244 e. The van der Waals surface area contributed by atoms with Crippen molar-refractivity contribution in [2.45, 2.75) is 62.9 Å². The molecular weight excluding hydrogens is 330 g/mol. The number of hydrogen-bond acceptors (Lipinski definition) is 4. The molecule has 0 saturated heterocycles. The summed E-state index contributed by atoms with van der Waals surface area (Å²) in [6, 6.07) is 4.08. The first-order chi connectivity index (χ1) is 11.0. The third kappa shape index (κ3) is 3.51. The molecule has 0 aliphatic heterocycles. The van der Waals surface area contributed by atoms with Crippen molar-refractivity contribution in [3.05, 3.63) is 23.7 Å². The second kappa shape index (κ2) is 6.75. The fourth-order valence-corrected chi connectivity index (χ4v) is 5.19. The Bertz CT molecular complexity index is 744. The minimum Gasteiger partial charge on any atom is -0.268 e. The van der Waals surface area contributed by atoms with E-state index in [0.717, 1.165) is 24.1 Å². The van der Waals surface area contributed by atoms with Gasteiger partial charge in [0.2, 0.25) is 10.0 Å². The van der Waals surface area contributed by atoms with Gasteiger partial charge in [0, 0.05) is 12.2 Å². The summed E-state index contributed by atoms with van der Waals surface area (Å²) in [6.45, 7) is 3.85. The van der Waals surface area contributed by atoms with Crippen LogP contribution in [0.4, 0.5) is 0 Å². The van der Waals surface area contributed by atoms with Gasteiger partial charge in [-0.25, -0.2) is 13.1 Å². The van der Waals surface area contributed by atoms with Gasteiger partial charge in [0.05, 0.1) is 10.9 Å². The van der Waals surface area contributed by atoms with E-state index in [1.807, 2.05) is 36.0 Å². The minimum atomic E-state index is -3.56. The van der Waals surface area contributed by atoms with Crippen LogP contribution in [0.1, 0.15) is 52.0 Å². The first-order valence-electron chi connectivity index (χ1n) is 8.16. The molecule has 0 aromatic carbocycles. The predicted molar refractivity (Wildman–Crippen MR) is 93.1 cm³/mol. The lowest BCUT2D eigenvalue weighted by molar-refractivity contribution is 0.467. The highest BCUT2D eigenvalue weighted by Gasteiger charge is 2.28. The van der Waals surface area contributed by atoms with E-state index >= 15 is 0 Å². The first kappa shape index (κ1) is 16.7. The van der Waals surface area contributed by atoms with E-state index in [9.17, 15) is 8.42 Å². The molecule has 1 N–H and O–H groups in total. The zero-order chi connectivity index (χ0) is 16.4. The molecular formula is C16H23N3O2S2. The molecule has 2 aromatic heterocycles. The molecule has 0 bridgehead atoms. The molecule has 1 fully saturated rings. The normalized spacial score (nSPS) is 17.7. The van der Waals surface area contributed by atoms with Crippen molar-refractivity contribution < 1.29 is 8.42 Å². The van der Waals surface area contributed by atoms with Crippen molar-refractivity contribution in [3.63, 3.8) is 0 Å². The van der Waals surface area contributed by atoms with Gasteiger partial charge in [-0.3, -0.25) is 4.68 Å². The lowest BCUT2D eigenvalue weighted by Crippen LogP contribution is -2.32. The summed E-state index contributed by atoms with van der Waals surface area (Å²) in [5, 5.41) is 6.59. The van der Waals surface area contributed by atoms with Crippen LogP contribution in [0.15, 0.2) is 28.6 Å². The Balaban J connectivity index is 2.03. The highest BCUT2D eigenvalue weighted by atomic mass is 32.2. The number of nitrogens with zero attached hydrogens (tertiary/aromatic N) is 2. The molecule has 2 heterocycles. The quantitative estimate of drug-likeness (QED) is 0.859. The highest BCUT2D eigenvalue weighted by Crippen LogP contribution is 2.34. The standard InChI is InChI=1S/C16H23N3O2S2/c1-3-12(2)18-23(20,21)15-11-19(13-7-4-5-8-13)17-16(15)14-9-6-10-22-14/h6,9-13,18H,3-5,7-8H2,1-2H3. The van der Waals surface area contributed by atoms with E-state index in [1.54, 1.807) is 6.20 Å². The summed E-state index contributed by atoms with van der Waals surface area (Å²) in [7, 11) is -3.56. The van der Waals surface area contributed by atoms with Crippen LogP contribution >= 0.6 is 11.3 Å². The van der Waals surface area contributed by atoms with Crippen LogP contribution in [-0.2, 0) is 10.0 Å². The van der Waals surface area contributed by atoms with Crippen molar-refractivity contribution in [2.75, 3.05) is 0 Å². The Kier molecular flexibility index (Phi) is 4.89. The van der Waals surface area contributed by atoms with Crippen LogP contribution in [0.5, 0.6) is 0 Å². The third-order valence-electron chi connectivity index (χ3n) is 4.41. The zero-order valence-corrected chi connectivity index (χ0v) is 15.2. The van der Waals surface area contributed by atoms with Crippen LogP contribution in [-0.4, -0.2) is 24.2 Å². The summed E-state index contributed by atoms with van der Waals surface area (Å²) >= 11 is 1.52. The van der Waals surface area contributed by atoms with Gasteiger partial charge < -0.3 is 0 Å². The minimum absolute atomic E-state index is 0.0917.